The minimum Gasteiger partial charge on any atom is -0.313 e. The van der Waals surface area contributed by atoms with E-state index in [9.17, 15) is 4.39 Å². The van der Waals surface area contributed by atoms with E-state index in [0.717, 1.165) is 6.54 Å². The van der Waals surface area contributed by atoms with Crippen LogP contribution < -0.4 is 5.32 Å². The van der Waals surface area contributed by atoms with E-state index in [4.69, 9.17) is 0 Å². The molecular formula is C12H22FN. The van der Waals surface area contributed by atoms with Gasteiger partial charge in [0.2, 0.25) is 0 Å². The van der Waals surface area contributed by atoms with Crippen molar-refractivity contribution in [1.29, 1.82) is 0 Å². The lowest BCUT2D eigenvalue weighted by Crippen LogP contribution is -2.33. The van der Waals surface area contributed by atoms with Crippen molar-refractivity contribution in [2.45, 2.75) is 51.1 Å². The first kappa shape index (κ1) is 10.4. The minimum atomic E-state index is -0.949. The first-order chi connectivity index (χ1) is 6.70. The molecule has 1 aliphatic heterocycles. The SMILES string of the molecule is CC1(F)CNCC1C1CCCCCC1. The number of rotatable bonds is 1. The van der Waals surface area contributed by atoms with Gasteiger partial charge in [-0.05, 0) is 12.8 Å². The smallest absolute Gasteiger partial charge is 0.124 e. The molecule has 1 N–H and O–H groups in total. The van der Waals surface area contributed by atoms with Crippen LogP contribution in [0.15, 0.2) is 0 Å². The molecule has 2 heteroatoms. The summed E-state index contributed by atoms with van der Waals surface area (Å²) in [6.45, 7) is 3.24. The summed E-state index contributed by atoms with van der Waals surface area (Å²) in [5.41, 5.74) is -0.949. The van der Waals surface area contributed by atoms with E-state index in [-0.39, 0.29) is 5.92 Å². The Morgan fingerprint density at radius 2 is 1.79 bits per heavy atom. The van der Waals surface area contributed by atoms with Crippen LogP contribution in [0.5, 0.6) is 0 Å². The third kappa shape index (κ3) is 2.10. The first-order valence-electron chi connectivity index (χ1n) is 6.10. The van der Waals surface area contributed by atoms with Gasteiger partial charge in [0.25, 0.3) is 0 Å². The molecule has 0 amide bonds. The van der Waals surface area contributed by atoms with Gasteiger partial charge < -0.3 is 5.32 Å². The Labute approximate surface area is 86.5 Å². The van der Waals surface area contributed by atoms with Gasteiger partial charge in [-0.25, -0.2) is 4.39 Å². The molecule has 1 saturated carbocycles. The molecule has 1 nitrogen and oxygen atoms in total. The van der Waals surface area contributed by atoms with E-state index in [2.05, 4.69) is 5.32 Å². The van der Waals surface area contributed by atoms with Gasteiger partial charge in [-0.15, -0.1) is 0 Å². The van der Waals surface area contributed by atoms with Crippen LogP contribution in [-0.4, -0.2) is 18.8 Å². The summed E-state index contributed by atoms with van der Waals surface area (Å²) in [5.74, 6) is 0.920. The molecule has 0 aromatic heterocycles. The molecule has 2 aliphatic rings. The predicted molar refractivity (Wildman–Crippen MR) is 57.1 cm³/mol. The van der Waals surface area contributed by atoms with Crippen molar-refractivity contribution in [3.05, 3.63) is 0 Å². The van der Waals surface area contributed by atoms with Gasteiger partial charge in [0.1, 0.15) is 5.67 Å². The second-order valence-corrected chi connectivity index (χ2v) is 5.27. The van der Waals surface area contributed by atoms with Gasteiger partial charge in [-0.2, -0.15) is 0 Å². The van der Waals surface area contributed by atoms with Crippen LogP contribution in [0.25, 0.3) is 0 Å². The molecule has 0 aromatic carbocycles. The molecule has 2 unspecified atom stereocenters. The number of hydrogen-bond donors (Lipinski definition) is 1. The molecule has 14 heavy (non-hydrogen) atoms. The van der Waals surface area contributed by atoms with Crippen molar-refractivity contribution in [1.82, 2.24) is 5.32 Å². The molecule has 2 rings (SSSR count). The third-order valence-electron chi connectivity index (χ3n) is 4.08. The lowest BCUT2D eigenvalue weighted by atomic mass is 9.79. The molecule has 1 aliphatic carbocycles. The highest BCUT2D eigenvalue weighted by molar-refractivity contribution is 4.96. The van der Waals surface area contributed by atoms with Gasteiger partial charge in [0.05, 0.1) is 0 Å². The maximum Gasteiger partial charge on any atom is 0.124 e. The van der Waals surface area contributed by atoms with Gasteiger partial charge in [-0.1, -0.05) is 38.5 Å². The molecule has 2 fully saturated rings. The predicted octanol–water partition coefficient (Wildman–Crippen LogP) is 2.90. The second-order valence-electron chi connectivity index (χ2n) is 5.27. The van der Waals surface area contributed by atoms with Gasteiger partial charge in [0.15, 0.2) is 0 Å². The maximum atomic E-state index is 14.1. The quantitative estimate of drug-likeness (QED) is 0.640. The average Bonchev–Trinajstić information content (AvgIpc) is 2.41. The Morgan fingerprint density at radius 1 is 1.14 bits per heavy atom. The molecular weight excluding hydrogens is 177 g/mol. The van der Waals surface area contributed by atoms with Crippen molar-refractivity contribution in [2.24, 2.45) is 11.8 Å². The minimum absolute atomic E-state index is 0.278. The Kier molecular flexibility index (Phi) is 3.10. The summed E-state index contributed by atoms with van der Waals surface area (Å²) < 4.78 is 14.1. The second kappa shape index (κ2) is 4.18. The highest BCUT2D eigenvalue weighted by Crippen LogP contribution is 2.38. The largest absolute Gasteiger partial charge is 0.313 e. The lowest BCUT2D eigenvalue weighted by molar-refractivity contribution is 0.101. The Morgan fingerprint density at radius 3 is 2.29 bits per heavy atom. The van der Waals surface area contributed by atoms with Crippen molar-refractivity contribution in [3.63, 3.8) is 0 Å². The van der Waals surface area contributed by atoms with Crippen LogP contribution in [0.2, 0.25) is 0 Å². The zero-order valence-electron chi connectivity index (χ0n) is 9.19. The fraction of sp³-hybridized carbons (Fsp3) is 1.00. The molecule has 0 bridgehead atoms. The fourth-order valence-electron chi connectivity index (χ4n) is 3.19. The van der Waals surface area contributed by atoms with Gasteiger partial charge >= 0.3 is 0 Å². The summed E-state index contributed by atoms with van der Waals surface area (Å²) in [7, 11) is 0. The zero-order valence-corrected chi connectivity index (χ0v) is 9.19. The van der Waals surface area contributed by atoms with Crippen LogP contribution in [0, 0.1) is 11.8 Å². The summed E-state index contributed by atoms with van der Waals surface area (Å²) in [6, 6.07) is 0. The number of halogens is 1. The third-order valence-corrected chi connectivity index (χ3v) is 4.08. The molecule has 0 radical (unpaired) electrons. The van der Waals surface area contributed by atoms with E-state index in [0.29, 0.717) is 12.5 Å². The van der Waals surface area contributed by atoms with E-state index in [1.165, 1.54) is 38.5 Å². The lowest BCUT2D eigenvalue weighted by Gasteiger charge is -2.29. The molecule has 0 aromatic rings. The highest BCUT2D eigenvalue weighted by atomic mass is 19.1. The average molecular weight is 199 g/mol. The monoisotopic (exact) mass is 199 g/mol. The zero-order chi connectivity index (χ0) is 10.0. The molecule has 1 heterocycles. The van der Waals surface area contributed by atoms with Crippen molar-refractivity contribution >= 4 is 0 Å². The summed E-state index contributed by atoms with van der Waals surface area (Å²) in [4.78, 5) is 0. The molecule has 0 spiro atoms. The summed E-state index contributed by atoms with van der Waals surface area (Å²) in [6.07, 6.45) is 7.87. The van der Waals surface area contributed by atoms with Crippen LogP contribution in [0.4, 0.5) is 4.39 Å². The first-order valence-corrected chi connectivity index (χ1v) is 6.10. The van der Waals surface area contributed by atoms with Crippen molar-refractivity contribution in [3.8, 4) is 0 Å². The topological polar surface area (TPSA) is 12.0 Å². The van der Waals surface area contributed by atoms with E-state index >= 15 is 0 Å². The Hall–Kier alpha value is -0.110. The number of nitrogens with one attached hydrogen (secondary N) is 1. The standard InChI is InChI=1S/C12H22FN/c1-12(13)9-14-8-11(12)10-6-4-2-3-5-7-10/h10-11,14H,2-9H2,1H3. The normalized spacial score (nSPS) is 41.1. The van der Waals surface area contributed by atoms with Crippen LogP contribution in [-0.2, 0) is 0 Å². The van der Waals surface area contributed by atoms with Crippen LogP contribution >= 0.6 is 0 Å². The van der Waals surface area contributed by atoms with Crippen molar-refractivity contribution < 1.29 is 4.39 Å². The van der Waals surface area contributed by atoms with E-state index in [1.54, 1.807) is 6.92 Å². The number of hydrogen-bond acceptors (Lipinski definition) is 1. The van der Waals surface area contributed by atoms with Gasteiger partial charge in [0, 0.05) is 19.0 Å². The maximum absolute atomic E-state index is 14.1. The van der Waals surface area contributed by atoms with Crippen molar-refractivity contribution in [2.75, 3.05) is 13.1 Å². The van der Waals surface area contributed by atoms with E-state index < -0.39 is 5.67 Å². The Balaban J connectivity index is 1.98. The summed E-state index contributed by atoms with van der Waals surface area (Å²) >= 11 is 0. The molecule has 2 atom stereocenters. The fourth-order valence-corrected chi connectivity index (χ4v) is 3.19. The Bertz CT molecular complexity index is 183. The molecule has 82 valence electrons. The molecule has 1 saturated heterocycles. The van der Waals surface area contributed by atoms with Gasteiger partial charge in [-0.3, -0.25) is 0 Å². The van der Waals surface area contributed by atoms with E-state index in [1.807, 2.05) is 0 Å². The highest BCUT2D eigenvalue weighted by Gasteiger charge is 2.43. The number of alkyl halides is 1. The summed E-state index contributed by atoms with van der Waals surface area (Å²) in [5, 5.41) is 3.21. The van der Waals surface area contributed by atoms with Crippen LogP contribution in [0.3, 0.4) is 0 Å². The van der Waals surface area contributed by atoms with Crippen LogP contribution in [0.1, 0.15) is 45.4 Å².